The number of methoxy groups -OCH3 is 1. The molecule has 1 aliphatic heterocycles. The van der Waals surface area contributed by atoms with Gasteiger partial charge in [-0.05, 0) is 45.2 Å². The predicted octanol–water partition coefficient (Wildman–Crippen LogP) is 4.22. The second-order valence-electron chi connectivity index (χ2n) is 7.76. The molecule has 0 saturated carbocycles. The molecule has 0 bridgehead atoms. The Morgan fingerprint density at radius 1 is 1.33 bits per heavy atom. The van der Waals surface area contributed by atoms with Crippen LogP contribution in [-0.2, 0) is 20.8 Å². The van der Waals surface area contributed by atoms with Gasteiger partial charge in [-0.25, -0.2) is 4.79 Å². The van der Waals surface area contributed by atoms with Gasteiger partial charge in [0.05, 0.1) is 42.9 Å². The van der Waals surface area contributed by atoms with Crippen molar-refractivity contribution >= 4 is 40.0 Å². The average Bonchev–Trinajstić information content (AvgIpc) is 3.57. The van der Waals surface area contributed by atoms with Crippen LogP contribution in [0.1, 0.15) is 39.4 Å². The molecule has 9 nitrogen and oxygen atoms in total. The highest BCUT2D eigenvalue weighted by atomic mass is 32.2. The Bertz CT molecular complexity index is 1160. The van der Waals surface area contributed by atoms with Crippen LogP contribution >= 0.6 is 23.1 Å². The molecule has 0 radical (unpaired) electrons. The molecule has 1 fully saturated rings. The summed E-state index contributed by atoms with van der Waals surface area (Å²) in [5, 5.41) is 12.7. The molecule has 0 aromatic carbocycles. The van der Waals surface area contributed by atoms with Crippen molar-refractivity contribution in [2.45, 2.75) is 51.4 Å². The molecule has 1 saturated heterocycles. The minimum atomic E-state index is -0.462. The lowest BCUT2D eigenvalue weighted by Gasteiger charge is -2.14. The van der Waals surface area contributed by atoms with Crippen molar-refractivity contribution in [3.63, 3.8) is 0 Å². The van der Waals surface area contributed by atoms with E-state index in [1.165, 1.54) is 30.2 Å². The van der Waals surface area contributed by atoms with Crippen LogP contribution < -0.4 is 5.32 Å². The van der Waals surface area contributed by atoms with E-state index in [4.69, 9.17) is 13.9 Å². The van der Waals surface area contributed by atoms with E-state index in [0.29, 0.717) is 28.1 Å². The summed E-state index contributed by atoms with van der Waals surface area (Å²) < 4.78 is 18.1. The highest BCUT2D eigenvalue weighted by Crippen LogP contribution is 2.33. The van der Waals surface area contributed by atoms with Crippen LogP contribution in [0.4, 0.5) is 5.00 Å². The molecule has 1 aliphatic rings. The quantitative estimate of drug-likeness (QED) is 0.369. The summed E-state index contributed by atoms with van der Waals surface area (Å²) in [5.74, 6) is 0.863. The molecule has 33 heavy (non-hydrogen) atoms. The molecule has 176 valence electrons. The van der Waals surface area contributed by atoms with Crippen molar-refractivity contribution in [2.75, 3.05) is 24.8 Å². The van der Waals surface area contributed by atoms with Crippen LogP contribution in [0.5, 0.6) is 0 Å². The number of carbonyl (C=O) groups is 2. The molecular formula is C22H26N4O5S2. The third-order valence-electron chi connectivity index (χ3n) is 5.59. The number of hydrogen-bond donors (Lipinski definition) is 1. The fraction of sp³-hybridized carbons (Fsp3) is 0.455. The zero-order valence-corrected chi connectivity index (χ0v) is 20.6. The first-order chi connectivity index (χ1) is 15.9. The lowest BCUT2D eigenvalue weighted by molar-refractivity contribution is -0.113. The number of anilines is 1. The maximum Gasteiger partial charge on any atom is 0.341 e. The number of carbonyl (C=O) groups excluding carboxylic acids is 2. The topological polar surface area (TPSA) is 108 Å². The van der Waals surface area contributed by atoms with E-state index in [1.807, 2.05) is 31.4 Å². The number of esters is 1. The largest absolute Gasteiger partial charge is 0.469 e. The number of nitrogens with zero attached hydrogens (tertiary/aromatic N) is 3. The standard InChI is InChI=1S/C22H26N4O5S2/c1-12-14(3)33-20(18(12)21(28)29-4)23-17(27)11-32-22-25-24-19(16-7-9-30-13(16)2)26(22)10-15-6-5-8-31-15/h7,9,15H,5-6,8,10-11H2,1-4H3,(H,23,27). The number of ether oxygens (including phenoxy) is 2. The number of furan rings is 1. The summed E-state index contributed by atoms with van der Waals surface area (Å²) in [4.78, 5) is 25.9. The average molecular weight is 491 g/mol. The third-order valence-corrected chi connectivity index (χ3v) is 7.68. The second-order valence-corrected chi connectivity index (χ2v) is 9.93. The highest BCUT2D eigenvalue weighted by Gasteiger charge is 2.25. The summed E-state index contributed by atoms with van der Waals surface area (Å²) in [6.07, 6.45) is 3.71. The molecule has 1 atom stereocenters. The Balaban J connectivity index is 1.51. The summed E-state index contributed by atoms with van der Waals surface area (Å²) in [7, 11) is 1.33. The number of aryl methyl sites for hydroxylation is 2. The van der Waals surface area contributed by atoms with Gasteiger partial charge >= 0.3 is 5.97 Å². The fourth-order valence-corrected chi connectivity index (χ4v) is 5.54. The van der Waals surface area contributed by atoms with Gasteiger partial charge in [0.15, 0.2) is 11.0 Å². The summed E-state index contributed by atoms with van der Waals surface area (Å²) >= 11 is 2.65. The van der Waals surface area contributed by atoms with E-state index in [0.717, 1.165) is 41.2 Å². The van der Waals surface area contributed by atoms with Gasteiger partial charge in [-0.1, -0.05) is 11.8 Å². The summed E-state index contributed by atoms with van der Waals surface area (Å²) in [6, 6.07) is 1.86. The number of nitrogens with one attached hydrogen (secondary N) is 1. The van der Waals surface area contributed by atoms with Gasteiger partial charge in [-0.3, -0.25) is 9.36 Å². The number of aromatic nitrogens is 3. The fourth-order valence-electron chi connectivity index (χ4n) is 3.72. The van der Waals surface area contributed by atoms with Crippen LogP contribution in [0.15, 0.2) is 21.9 Å². The lowest BCUT2D eigenvalue weighted by Crippen LogP contribution is -2.18. The molecule has 1 unspecified atom stereocenters. The normalized spacial score (nSPS) is 15.7. The van der Waals surface area contributed by atoms with Crippen LogP contribution in [0.2, 0.25) is 0 Å². The first-order valence-electron chi connectivity index (χ1n) is 10.6. The number of thioether (sulfide) groups is 1. The smallest absolute Gasteiger partial charge is 0.341 e. The van der Waals surface area contributed by atoms with Gasteiger partial charge < -0.3 is 19.2 Å². The zero-order valence-electron chi connectivity index (χ0n) is 19.0. The number of hydrogen-bond acceptors (Lipinski definition) is 9. The van der Waals surface area contributed by atoms with Crippen molar-refractivity contribution in [3.8, 4) is 11.4 Å². The Hall–Kier alpha value is -2.63. The number of rotatable bonds is 8. The molecule has 3 aromatic rings. The van der Waals surface area contributed by atoms with Crippen LogP contribution in [0.25, 0.3) is 11.4 Å². The second kappa shape index (κ2) is 10.1. The zero-order chi connectivity index (χ0) is 23.5. The van der Waals surface area contributed by atoms with Gasteiger partial charge in [0, 0.05) is 11.5 Å². The van der Waals surface area contributed by atoms with Gasteiger partial charge in [0.1, 0.15) is 10.8 Å². The van der Waals surface area contributed by atoms with Crippen molar-refractivity contribution in [3.05, 3.63) is 34.1 Å². The number of amides is 1. The monoisotopic (exact) mass is 490 g/mol. The van der Waals surface area contributed by atoms with E-state index in [-0.39, 0.29) is 17.8 Å². The van der Waals surface area contributed by atoms with Crippen LogP contribution in [0, 0.1) is 20.8 Å². The molecule has 4 heterocycles. The SMILES string of the molecule is COC(=O)c1c(NC(=O)CSc2nnc(-c3ccoc3C)n2CC2CCCO2)sc(C)c1C. The van der Waals surface area contributed by atoms with Crippen LogP contribution in [0.3, 0.4) is 0 Å². The minimum Gasteiger partial charge on any atom is -0.469 e. The molecule has 11 heteroatoms. The van der Waals surface area contributed by atoms with Gasteiger partial charge in [0.2, 0.25) is 5.91 Å². The van der Waals surface area contributed by atoms with E-state index >= 15 is 0 Å². The molecular weight excluding hydrogens is 464 g/mol. The molecule has 0 aliphatic carbocycles. The first-order valence-corrected chi connectivity index (χ1v) is 12.4. The van der Waals surface area contributed by atoms with Crippen molar-refractivity contribution in [1.82, 2.24) is 14.8 Å². The minimum absolute atomic E-state index is 0.0832. The Morgan fingerprint density at radius 2 is 2.15 bits per heavy atom. The van der Waals surface area contributed by atoms with E-state index in [9.17, 15) is 9.59 Å². The summed E-state index contributed by atoms with van der Waals surface area (Å²) in [5.41, 5.74) is 2.08. The van der Waals surface area contributed by atoms with Gasteiger partial charge in [-0.2, -0.15) is 0 Å². The highest BCUT2D eigenvalue weighted by molar-refractivity contribution is 7.99. The predicted molar refractivity (Wildman–Crippen MR) is 126 cm³/mol. The van der Waals surface area contributed by atoms with E-state index in [2.05, 4.69) is 15.5 Å². The van der Waals surface area contributed by atoms with Gasteiger partial charge in [-0.15, -0.1) is 21.5 Å². The van der Waals surface area contributed by atoms with Crippen LogP contribution in [-0.4, -0.2) is 52.2 Å². The maximum absolute atomic E-state index is 12.7. The molecule has 1 amide bonds. The van der Waals surface area contributed by atoms with Crippen molar-refractivity contribution in [1.29, 1.82) is 0 Å². The molecule has 3 aromatic heterocycles. The Kier molecular flexibility index (Phi) is 7.20. The van der Waals surface area contributed by atoms with Gasteiger partial charge in [0.25, 0.3) is 0 Å². The van der Waals surface area contributed by atoms with Crippen molar-refractivity contribution < 1.29 is 23.5 Å². The molecule has 0 spiro atoms. The maximum atomic E-state index is 12.7. The first kappa shape index (κ1) is 23.5. The molecule has 1 N–H and O–H groups in total. The van der Waals surface area contributed by atoms with Crippen molar-refractivity contribution in [2.24, 2.45) is 0 Å². The Labute approximate surface area is 199 Å². The molecule has 4 rings (SSSR count). The van der Waals surface area contributed by atoms with E-state index < -0.39 is 5.97 Å². The lowest BCUT2D eigenvalue weighted by atomic mass is 10.1. The summed E-state index contributed by atoms with van der Waals surface area (Å²) in [6.45, 7) is 6.98. The van der Waals surface area contributed by atoms with E-state index in [1.54, 1.807) is 6.26 Å². The number of thiophene rings is 1. The third kappa shape index (κ3) is 4.99. The Morgan fingerprint density at radius 3 is 2.82 bits per heavy atom.